The van der Waals surface area contributed by atoms with Crippen LogP contribution in [0.1, 0.15) is 55.7 Å². The lowest BCUT2D eigenvalue weighted by molar-refractivity contribution is -0.137. The summed E-state index contributed by atoms with van der Waals surface area (Å²) in [5, 5.41) is 9.09. The molecule has 2 aromatic carbocycles. The molecule has 0 saturated heterocycles. The van der Waals surface area contributed by atoms with Gasteiger partial charge < -0.3 is 9.84 Å². The second-order valence-electron chi connectivity index (χ2n) is 9.33. The Kier molecular flexibility index (Phi) is 6.06. The van der Waals surface area contributed by atoms with Crippen LogP contribution in [0.3, 0.4) is 0 Å². The van der Waals surface area contributed by atoms with Gasteiger partial charge in [-0.3, -0.25) is 14.6 Å². The Morgan fingerprint density at radius 2 is 1.88 bits per heavy atom. The number of carboxylic acid groups (broad SMARTS) is 1. The number of fused-ring (bicyclic) bond motifs is 2. The van der Waals surface area contributed by atoms with Crippen molar-refractivity contribution in [1.82, 2.24) is 4.90 Å². The molecule has 6 nitrogen and oxygen atoms in total. The molecule has 2 aliphatic carbocycles. The molecule has 1 heterocycles. The lowest BCUT2D eigenvalue weighted by atomic mass is 9.68. The van der Waals surface area contributed by atoms with Crippen molar-refractivity contribution in [3.63, 3.8) is 0 Å². The minimum atomic E-state index is -0.786. The molecule has 2 aromatic rings. The van der Waals surface area contributed by atoms with E-state index >= 15 is 0 Å². The van der Waals surface area contributed by atoms with Gasteiger partial charge in [0.2, 0.25) is 0 Å². The number of ether oxygens (including phenoxy) is 1. The van der Waals surface area contributed by atoms with Crippen LogP contribution in [0.15, 0.2) is 48.5 Å². The summed E-state index contributed by atoms with van der Waals surface area (Å²) in [4.78, 5) is 28.4. The van der Waals surface area contributed by atoms with E-state index in [-0.39, 0.29) is 36.8 Å². The Morgan fingerprint density at radius 1 is 1.09 bits per heavy atom. The van der Waals surface area contributed by atoms with Crippen molar-refractivity contribution in [3.05, 3.63) is 65.5 Å². The van der Waals surface area contributed by atoms with E-state index in [9.17, 15) is 14.0 Å². The van der Waals surface area contributed by atoms with Crippen molar-refractivity contribution < 1.29 is 23.8 Å². The third-order valence-corrected chi connectivity index (χ3v) is 7.18. The van der Waals surface area contributed by atoms with Crippen molar-refractivity contribution in [2.24, 2.45) is 5.92 Å². The molecule has 1 amide bonds. The van der Waals surface area contributed by atoms with Crippen molar-refractivity contribution in [2.75, 3.05) is 11.4 Å². The topological polar surface area (TPSA) is 70.1 Å². The van der Waals surface area contributed by atoms with Crippen molar-refractivity contribution >= 4 is 17.7 Å². The first-order valence-electron chi connectivity index (χ1n) is 11.8. The van der Waals surface area contributed by atoms with Crippen LogP contribution in [0.5, 0.6) is 0 Å². The lowest BCUT2D eigenvalue weighted by Gasteiger charge is -2.55. The zero-order chi connectivity index (χ0) is 22.9. The van der Waals surface area contributed by atoms with Gasteiger partial charge in [0, 0.05) is 24.5 Å². The minimum Gasteiger partial charge on any atom is -0.481 e. The maximum absolute atomic E-state index is 14.4. The number of aliphatic carboxylic acids is 1. The number of rotatable bonds is 8. The maximum atomic E-state index is 14.4. The van der Waals surface area contributed by atoms with Crippen LogP contribution in [0, 0.1) is 11.7 Å². The van der Waals surface area contributed by atoms with E-state index in [4.69, 9.17) is 9.84 Å². The lowest BCUT2D eigenvalue weighted by Crippen LogP contribution is -2.58. The van der Waals surface area contributed by atoms with Gasteiger partial charge in [-0.05, 0) is 67.8 Å². The number of hydrogen-bond donors (Lipinski definition) is 1. The fourth-order valence-corrected chi connectivity index (χ4v) is 5.40. The molecule has 33 heavy (non-hydrogen) atoms. The third kappa shape index (κ3) is 4.47. The number of benzene rings is 2. The Balaban J connectivity index is 1.42. The number of carbonyl (C=O) groups excluding carboxylic acids is 1. The third-order valence-electron chi connectivity index (χ3n) is 7.18. The Bertz CT molecular complexity index is 1030. The molecule has 3 aliphatic rings. The SMILES string of the molecule is O=C(O)CCCN(C1CC1)C1c2ccc(F)cc2N(C(=O)OCc2ccccc2)C2CCC21. The number of halogens is 1. The molecule has 174 valence electrons. The molecule has 3 atom stereocenters. The van der Waals surface area contributed by atoms with Crippen LogP contribution >= 0.6 is 0 Å². The highest BCUT2D eigenvalue weighted by atomic mass is 19.1. The first-order chi connectivity index (χ1) is 16.0. The summed E-state index contributed by atoms with van der Waals surface area (Å²) in [5.74, 6) is -0.932. The molecular formula is C26H29FN2O4. The monoisotopic (exact) mass is 452 g/mol. The zero-order valence-corrected chi connectivity index (χ0v) is 18.5. The van der Waals surface area contributed by atoms with Crippen LogP contribution in [-0.2, 0) is 16.1 Å². The molecule has 2 saturated carbocycles. The van der Waals surface area contributed by atoms with Crippen LogP contribution in [0.4, 0.5) is 14.9 Å². The summed E-state index contributed by atoms with van der Waals surface area (Å²) in [6, 6.07) is 14.7. The summed E-state index contributed by atoms with van der Waals surface area (Å²) in [5.41, 5.74) is 2.43. The van der Waals surface area contributed by atoms with Gasteiger partial charge in [0.25, 0.3) is 0 Å². The molecule has 0 spiro atoms. The normalized spacial score (nSPS) is 23.5. The fraction of sp³-hybridized carbons (Fsp3) is 0.462. The van der Waals surface area contributed by atoms with Crippen LogP contribution in [-0.4, -0.2) is 40.7 Å². The highest BCUT2D eigenvalue weighted by Crippen LogP contribution is 2.54. The van der Waals surface area contributed by atoms with Crippen molar-refractivity contribution in [1.29, 1.82) is 0 Å². The molecule has 2 fully saturated rings. The molecule has 0 bridgehead atoms. The first kappa shape index (κ1) is 21.9. The van der Waals surface area contributed by atoms with Crippen molar-refractivity contribution in [3.8, 4) is 0 Å². The smallest absolute Gasteiger partial charge is 0.414 e. The zero-order valence-electron chi connectivity index (χ0n) is 18.5. The molecular weight excluding hydrogens is 423 g/mol. The Hall–Kier alpha value is -2.93. The molecule has 1 aliphatic heterocycles. The van der Waals surface area contributed by atoms with E-state index in [0.29, 0.717) is 24.7 Å². The van der Waals surface area contributed by atoms with Crippen molar-refractivity contribution in [2.45, 2.75) is 63.3 Å². The van der Waals surface area contributed by atoms with E-state index in [1.54, 1.807) is 11.0 Å². The number of amides is 1. The van der Waals surface area contributed by atoms with E-state index in [1.807, 2.05) is 30.3 Å². The van der Waals surface area contributed by atoms with Gasteiger partial charge in [0.1, 0.15) is 12.4 Å². The molecule has 1 N–H and O–H groups in total. The van der Waals surface area contributed by atoms with E-state index in [0.717, 1.165) is 36.8 Å². The van der Waals surface area contributed by atoms with Gasteiger partial charge in [0.15, 0.2) is 0 Å². The molecule has 0 aromatic heterocycles. The summed E-state index contributed by atoms with van der Waals surface area (Å²) in [6.45, 7) is 0.866. The Morgan fingerprint density at radius 3 is 2.55 bits per heavy atom. The number of carboxylic acids is 1. The van der Waals surface area contributed by atoms with Crippen LogP contribution in [0.25, 0.3) is 0 Å². The molecule has 7 heteroatoms. The predicted molar refractivity (Wildman–Crippen MR) is 121 cm³/mol. The second kappa shape index (κ2) is 9.14. The first-order valence-corrected chi connectivity index (χ1v) is 11.8. The quantitative estimate of drug-likeness (QED) is 0.601. The van der Waals surface area contributed by atoms with Gasteiger partial charge in [-0.25, -0.2) is 9.18 Å². The molecule has 5 rings (SSSR count). The van der Waals surface area contributed by atoms with Gasteiger partial charge in [-0.15, -0.1) is 0 Å². The highest BCUT2D eigenvalue weighted by molar-refractivity contribution is 5.90. The number of carbonyl (C=O) groups is 2. The molecule has 3 unspecified atom stereocenters. The van der Waals surface area contributed by atoms with Crippen LogP contribution in [0.2, 0.25) is 0 Å². The maximum Gasteiger partial charge on any atom is 0.414 e. The van der Waals surface area contributed by atoms with Gasteiger partial charge in [0.05, 0.1) is 5.69 Å². The van der Waals surface area contributed by atoms with E-state index < -0.39 is 12.1 Å². The van der Waals surface area contributed by atoms with Gasteiger partial charge in [-0.2, -0.15) is 0 Å². The average Bonchev–Trinajstić information content (AvgIpc) is 3.62. The minimum absolute atomic E-state index is 0.0340. The molecule has 0 radical (unpaired) electrons. The fourth-order valence-electron chi connectivity index (χ4n) is 5.40. The van der Waals surface area contributed by atoms with Gasteiger partial charge in [-0.1, -0.05) is 36.4 Å². The number of hydrogen-bond acceptors (Lipinski definition) is 4. The predicted octanol–water partition coefficient (Wildman–Crippen LogP) is 5.13. The summed E-state index contributed by atoms with van der Waals surface area (Å²) < 4.78 is 20.0. The second-order valence-corrected chi connectivity index (χ2v) is 9.33. The largest absolute Gasteiger partial charge is 0.481 e. The van der Waals surface area contributed by atoms with Crippen LogP contribution < -0.4 is 4.90 Å². The van der Waals surface area contributed by atoms with E-state index in [1.165, 1.54) is 12.1 Å². The highest BCUT2D eigenvalue weighted by Gasteiger charge is 2.52. The number of nitrogens with zero attached hydrogens (tertiary/aromatic N) is 2. The van der Waals surface area contributed by atoms with E-state index in [2.05, 4.69) is 4.90 Å². The summed E-state index contributed by atoms with van der Waals surface area (Å²) in [6.07, 6.45) is 4.31. The van der Waals surface area contributed by atoms with Gasteiger partial charge >= 0.3 is 12.1 Å². The summed E-state index contributed by atoms with van der Waals surface area (Å²) in [7, 11) is 0. The number of anilines is 1. The Labute approximate surface area is 192 Å². The summed E-state index contributed by atoms with van der Waals surface area (Å²) >= 11 is 0. The standard InChI is InChI=1S/C26H29FN2O4/c27-18-8-11-21-23(15-18)29(26(32)33-16-17-5-2-1-3-6-17)22-13-12-20(22)25(21)28(19-9-10-19)14-4-7-24(30)31/h1-3,5-6,8,11,15,19-20,22,25H,4,7,9-10,12-14,16H2,(H,30,31). The average molecular weight is 453 g/mol.